The van der Waals surface area contributed by atoms with Gasteiger partial charge in [-0.2, -0.15) is 0 Å². The largest absolute Gasteiger partial charge is 0.465 e. The summed E-state index contributed by atoms with van der Waals surface area (Å²) in [6.45, 7) is 3.74. The van der Waals surface area contributed by atoms with Crippen molar-refractivity contribution in [1.29, 1.82) is 0 Å². The van der Waals surface area contributed by atoms with Crippen LogP contribution < -0.4 is 0 Å². The normalized spacial score (nSPS) is 9.22. The van der Waals surface area contributed by atoms with Crippen molar-refractivity contribution >= 4 is 16.6 Å². The van der Waals surface area contributed by atoms with Crippen LogP contribution in [0.3, 0.4) is 0 Å². The summed E-state index contributed by atoms with van der Waals surface area (Å²) in [7, 11) is 4.58. The highest BCUT2D eigenvalue weighted by Gasteiger charge is 2.18. The summed E-state index contributed by atoms with van der Waals surface area (Å²) >= 11 is 0. The fraction of sp³-hybridized carbons (Fsp3) is 1.00. The van der Waals surface area contributed by atoms with Gasteiger partial charge in [0.15, 0.2) is 0 Å². The summed E-state index contributed by atoms with van der Waals surface area (Å²) < 4.78 is 9.38. The first-order valence-corrected chi connectivity index (χ1v) is 4.87. The summed E-state index contributed by atoms with van der Waals surface area (Å²) in [6, 6.07) is 0. The van der Waals surface area contributed by atoms with E-state index < -0.39 is 8.56 Å². The van der Waals surface area contributed by atoms with E-state index in [0.29, 0.717) is 0 Å². The molecule has 0 amide bonds. The molecule has 0 aliphatic rings. The van der Waals surface area contributed by atoms with Gasteiger partial charge >= 0.3 is 8.56 Å². The lowest BCUT2D eigenvalue weighted by Gasteiger charge is -2.16. The van der Waals surface area contributed by atoms with Gasteiger partial charge in [0, 0.05) is 7.11 Å². The zero-order chi connectivity index (χ0) is 5.91. The summed E-state index contributed by atoms with van der Waals surface area (Å²) in [5.74, 6) is 0. The van der Waals surface area contributed by atoms with Crippen LogP contribution in [-0.2, 0) is 8.77 Å². The smallest absolute Gasteiger partial charge is 0.316 e. The van der Waals surface area contributed by atoms with E-state index in [4.69, 9.17) is 12.5 Å². The second kappa shape index (κ2) is 6.32. The zero-order valence-corrected chi connectivity index (χ0v) is 5.89. The maximum Gasteiger partial charge on any atom is 0.316 e. The van der Waals surface area contributed by atoms with Crippen LogP contribution in [0.2, 0.25) is 13.1 Å². The molecule has 9 heavy (non-hydrogen) atoms. The molecule has 4 heteroatoms. The Morgan fingerprint density at radius 1 is 1.22 bits per heavy atom. The molecule has 2 nitrogen and oxygen atoms in total. The molecule has 0 bridgehead atoms. The van der Waals surface area contributed by atoms with Crippen molar-refractivity contribution in [3.05, 3.63) is 0 Å². The Labute approximate surface area is 61.3 Å². The first-order valence-electron chi connectivity index (χ1n) is 2.05. The van der Waals surface area contributed by atoms with Crippen molar-refractivity contribution < 1.29 is 8.77 Å². The third kappa shape index (κ3) is 8.20. The Balaban J connectivity index is -0.000000180. The standard InChI is InChI=1S/C3H9BO2Si.2CH4/c1-5-7(2,3)6-4;;/h1-3H3;2*1H4. The lowest BCUT2D eigenvalue weighted by Crippen LogP contribution is -2.31. The molecule has 0 atom stereocenters. The number of hydrogen-bond donors (Lipinski definition) is 0. The van der Waals surface area contributed by atoms with E-state index in [1.54, 1.807) is 7.11 Å². The predicted octanol–water partition coefficient (Wildman–Crippen LogP) is 1.71. The van der Waals surface area contributed by atoms with Crippen LogP contribution in [0, 0.1) is 0 Å². The molecular formula is C5H17BO2Si. The summed E-state index contributed by atoms with van der Waals surface area (Å²) in [4.78, 5) is 0. The van der Waals surface area contributed by atoms with Crippen molar-refractivity contribution in [2.45, 2.75) is 27.9 Å². The van der Waals surface area contributed by atoms with Gasteiger partial charge in [-0.05, 0) is 13.1 Å². The minimum absolute atomic E-state index is 0. The maximum absolute atomic E-state index is 4.88. The van der Waals surface area contributed by atoms with Gasteiger partial charge in [0.25, 0.3) is 8.05 Å². The van der Waals surface area contributed by atoms with Gasteiger partial charge in [0.05, 0.1) is 0 Å². The molecule has 0 unspecified atom stereocenters. The third-order valence-electron chi connectivity index (χ3n) is 0.775. The molecule has 0 saturated heterocycles. The third-order valence-corrected chi connectivity index (χ3v) is 2.33. The molecule has 0 aliphatic heterocycles. The van der Waals surface area contributed by atoms with Gasteiger partial charge in [0.1, 0.15) is 0 Å². The van der Waals surface area contributed by atoms with Gasteiger partial charge < -0.3 is 8.77 Å². The van der Waals surface area contributed by atoms with Crippen LogP contribution in [0.5, 0.6) is 0 Å². The summed E-state index contributed by atoms with van der Waals surface area (Å²) in [5, 5.41) is 0. The quantitative estimate of drug-likeness (QED) is 0.555. The van der Waals surface area contributed by atoms with Gasteiger partial charge in [-0.15, -0.1) is 0 Å². The molecule has 0 aliphatic carbocycles. The molecule has 0 rings (SSSR count). The molecule has 0 N–H and O–H groups in total. The first kappa shape index (κ1) is 16.1. The van der Waals surface area contributed by atoms with E-state index >= 15 is 0 Å². The van der Waals surface area contributed by atoms with Gasteiger partial charge in [-0.1, -0.05) is 14.9 Å². The minimum atomic E-state index is -1.87. The molecule has 0 aromatic heterocycles. The molecule has 2 radical (unpaired) electrons. The second-order valence-electron chi connectivity index (χ2n) is 1.72. The number of rotatable bonds is 2. The van der Waals surface area contributed by atoms with E-state index in [1.807, 2.05) is 13.1 Å². The van der Waals surface area contributed by atoms with E-state index in [0.717, 1.165) is 0 Å². The molecule has 0 heterocycles. The van der Waals surface area contributed by atoms with Crippen molar-refractivity contribution in [2.24, 2.45) is 0 Å². The van der Waals surface area contributed by atoms with Crippen LogP contribution in [0.1, 0.15) is 14.9 Å². The van der Waals surface area contributed by atoms with Crippen molar-refractivity contribution in [3.8, 4) is 0 Å². The van der Waals surface area contributed by atoms with Gasteiger partial charge in [-0.3, -0.25) is 0 Å². The van der Waals surface area contributed by atoms with Crippen molar-refractivity contribution in [3.63, 3.8) is 0 Å². The minimum Gasteiger partial charge on any atom is -0.465 e. The Bertz CT molecular complexity index is 52.9. The monoisotopic (exact) mass is 148 g/mol. The predicted molar refractivity (Wildman–Crippen MR) is 44.8 cm³/mol. The van der Waals surface area contributed by atoms with Crippen LogP contribution in [0.15, 0.2) is 0 Å². The van der Waals surface area contributed by atoms with Crippen LogP contribution in [0.4, 0.5) is 0 Å². The van der Waals surface area contributed by atoms with Gasteiger partial charge in [-0.25, -0.2) is 0 Å². The maximum atomic E-state index is 4.88. The summed E-state index contributed by atoms with van der Waals surface area (Å²) in [6.07, 6.45) is 0. The molecule has 0 fully saturated rings. The molecule has 56 valence electrons. The molecule has 0 spiro atoms. The van der Waals surface area contributed by atoms with Crippen molar-refractivity contribution in [2.75, 3.05) is 7.11 Å². The molecule has 0 saturated carbocycles. The summed E-state index contributed by atoms with van der Waals surface area (Å²) in [5.41, 5.74) is 0. The molecular weight excluding hydrogens is 131 g/mol. The lowest BCUT2D eigenvalue weighted by atomic mass is 10.6. The first-order chi connectivity index (χ1) is 3.12. The van der Waals surface area contributed by atoms with E-state index in [2.05, 4.69) is 4.34 Å². The molecule has 0 aromatic carbocycles. The Morgan fingerprint density at radius 2 is 1.56 bits per heavy atom. The van der Waals surface area contributed by atoms with Gasteiger partial charge in [0.2, 0.25) is 0 Å². The average Bonchev–Trinajstić information content (AvgIpc) is 1.68. The topological polar surface area (TPSA) is 18.5 Å². The van der Waals surface area contributed by atoms with E-state index in [-0.39, 0.29) is 14.9 Å². The SMILES string of the molecule is C.C.[B]O[Si](C)(C)OC. The Hall–Kier alpha value is 0.202. The fourth-order valence-electron chi connectivity index (χ4n) is 0.0481. The van der Waals surface area contributed by atoms with Crippen molar-refractivity contribution in [1.82, 2.24) is 0 Å². The molecule has 0 aromatic rings. The van der Waals surface area contributed by atoms with Crippen LogP contribution >= 0.6 is 0 Å². The number of hydrogen-bond acceptors (Lipinski definition) is 2. The highest BCUT2D eigenvalue weighted by atomic mass is 28.4. The lowest BCUT2D eigenvalue weighted by molar-refractivity contribution is 0.324. The second-order valence-corrected chi connectivity index (χ2v) is 5.17. The van der Waals surface area contributed by atoms with E-state index in [1.165, 1.54) is 0 Å². The van der Waals surface area contributed by atoms with Crippen LogP contribution in [0.25, 0.3) is 0 Å². The average molecular weight is 148 g/mol. The fourth-order valence-corrected chi connectivity index (χ4v) is 0.144. The highest BCUT2D eigenvalue weighted by Crippen LogP contribution is 1.99. The zero-order valence-electron chi connectivity index (χ0n) is 4.89. The van der Waals surface area contributed by atoms with Crippen LogP contribution in [-0.4, -0.2) is 23.7 Å². The Morgan fingerprint density at radius 3 is 1.56 bits per heavy atom. The highest BCUT2D eigenvalue weighted by molar-refractivity contribution is 6.67. The van der Waals surface area contributed by atoms with E-state index in [9.17, 15) is 0 Å². The Kier molecular flexibility index (Phi) is 11.3.